The molecule has 5 aromatic rings. The summed E-state index contributed by atoms with van der Waals surface area (Å²) in [5, 5.41) is 6.32. The third kappa shape index (κ3) is 3.56. The van der Waals surface area contributed by atoms with E-state index in [1.807, 2.05) is 54.7 Å². The maximum atomic E-state index is 13.4. The van der Waals surface area contributed by atoms with Crippen LogP contribution in [0.3, 0.4) is 0 Å². The second-order valence-corrected chi connectivity index (χ2v) is 9.12. The Kier molecular flexibility index (Phi) is 4.96. The lowest BCUT2D eigenvalue weighted by atomic mass is 9.99. The molecule has 2 N–H and O–H groups in total. The van der Waals surface area contributed by atoms with Crippen molar-refractivity contribution < 1.29 is 9.59 Å². The average molecular weight is 465 g/mol. The minimum atomic E-state index is -0.760. The van der Waals surface area contributed by atoms with Crippen LogP contribution in [0, 0.1) is 0 Å². The van der Waals surface area contributed by atoms with E-state index in [0.29, 0.717) is 17.2 Å². The van der Waals surface area contributed by atoms with Crippen LogP contribution in [-0.4, -0.2) is 26.7 Å². The van der Waals surface area contributed by atoms with Crippen molar-refractivity contribution in [2.45, 2.75) is 12.6 Å². The summed E-state index contributed by atoms with van der Waals surface area (Å²) < 4.78 is 0. The van der Waals surface area contributed by atoms with Crippen molar-refractivity contribution in [3.63, 3.8) is 0 Å². The minimum absolute atomic E-state index is 0.147. The van der Waals surface area contributed by atoms with Gasteiger partial charge in [-0.25, -0.2) is 4.98 Å². The zero-order chi connectivity index (χ0) is 23.1. The van der Waals surface area contributed by atoms with Crippen LogP contribution in [0.15, 0.2) is 90.6 Å². The molecule has 0 radical (unpaired) electrons. The predicted molar refractivity (Wildman–Crippen MR) is 134 cm³/mol. The van der Waals surface area contributed by atoms with Gasteiger partial charge in [0.2, 0.25) is 0 Å². The van der Waals surface area contributed by atoms with Crippen LogP contribution in [0.25, 0.3) is 22.0 Å². The highest BCUT2D eigenvalue weighted by Gasteiger charge is 2.37. The molecule has 0 spiro atoms. The highest BCUT2D eigenvalue weighted by atomic mass is 32.1. The third-order valence-corrected chi connectivity index (χ3v) is 6.85. The van der Waals surface area contributed by atoms with Crippen LogP contribution < -0.4 is 5.32 Å². The number of fused-ring (bicyclic) bond motifs is 2. The van der Waals surface area contributed by atoms with E-state index in [1.54, 1.807) is 16.5 Å². The molecule has 1 aliphatic heterocycles. The van der Waals surface area contributed by atoms with Gasteiger partial charge in [-0.15, -0.1) is 11.3 Å². The zero-order valence-electron chi connectivity index (χ0n) is 18.1. The summed E-state index contributed by atoms with van der Waals surface area (Å²) in [5.41, 5.74) is 5.52. The molecule has 6 rings (SSSR count). The van der Waals surface area contributed by atoms with Crippen molar-refractivity contribution in [3.05, 3.63) is 107 Å². The number of carbonyl (C=O) groups excluding carboxylic acids is 2. The molecule has 34 heavy (non-hydrogen) atoms. The first kappa shape index (κ1) is 20.4. The Labute approximate surface area is 199 Å². The zero-order valence-corrected chi connectivity index (χ0v) is 18.9. The monoisotopic (exact) mass is 464 g/mol. The number of thiazole rings is 1. The van der Waals surface area contributed by atoms with Crippen molar-refractivity contribution in [2.75, 3.05) is 5.32 Å². The van der Waals surface area contributed by atoms with Crippen molar-refractivity contribution in [3.8, 4) is 11.1 Å². The highest BCUT2D eigenvalue weighted by molar-refractivity contribution is 7.13. The Bertz CT molecular complexity index is 1510. The smallest absolute Gasteiger partial charge is 0.255 e. The first-order valence-electron chi connectivity index (χ1n) is 10.9. The topological polar surface area (TPSA) is 78.1 Å². The molecule has 1 atom stereocenters. The van der Waals surface area contributed by atoms with E-state index < -0.39 is 6.04 Å². The standard InChI is InChI=1S/C27H20N4O2S/c32-25(30-27-29-12-13-34-27)24(17-4-2-1-3-5-17)31-16-21-15-18(6-8-22(21)26(31)33)19-7-9-23-20(14-19)10-11-28-23/h1-15,24,28H,16H2,(H,29,30,32)/t24-/m1/s1. The molecule has 0 unspecified atom stereocenters. The van der Waals surface area contributed by atoms with Gasteiger partial charge < -0.3 is 9.88 Å². The number of carbonyl (C=O) groups is 2. The van der Waals surface area contributed by atoms with Crippen molar-refractivity contribution in [1.29, 1.82) is 0 Å². The normalized spacial score (nSPS) is 13.8. The first-order valence-corrected chi connectivity index (χ1v) is 11.8. The van der Waals surface area contributed by atoms with E-state index in [4.69, 9.17) is 0 Å². The summed E-state index contributed by atoms with van der Waals surface area (Å²) in [6.07, 6.45) is 3.56. The van der Waals surface area contributed by atoms with Gasteiger partial charge in [-0.05, 0) is 58.0 Å². The summed E-state index contributed by atoms with van der Waals surface area (Å²) >= 11 is 1.35. The van der Waals surface area contributed by atoms with E-state index in [0.717, 1.165) is 33.2 Å². The first-order chi connectivity index (χ1) is 16.7. The number of nitrogens with zero attached hydrogens (tertiary/aromatic N) is 2. The summed E-state index contributed by atoms with van der Waals surface area (Å²) in [6, 6.07) is 22.9. The van der Waals surface area contributed by atoms with E-state index >= 15 is 0 Å². The van der Waals surface area contributed by atoms with E-state index in [9.17, 15) is 9.59 Å². The second-order valence-electron chi connectivity index (χ2n) is 8.22. The summed E-state index contributed by atoms with van der Waals surface area (Å²) in [4.78, 5) is 35.8. The number of nitrogens with one attached hydrogen (secondary N) is 2. The summed E-state index contributed by atoms with van der Waals surface area (Å²) in [6.45, 7) is 0.360. The predicted octanol–water partition coefficient (Wildman–Crippen LogP) is 5.63. The largest absolute Gasteiger partial charge is 0.361 e. The molecular formula is C27H20N4O2S. The molecule has 0 fully saturated rings. The fourth-order valence-corrected chi connectivity index (χ4v) is 5.06. The van der Waals surface area contributed by atoms with Crippen LogP contribution in [-0.2, 0) is 11.3 Å². The molecule has 3 heterocycles. The second kappa shape index (κ2) is 8.28. The number of rotatable bonds is 5. The number of aromatic nitrogens is 2. The molecule has 7 heteroatoms. The van der Waals surface area contributed by atoms with Crippen LogP contribution in [0.2, 0.25) is 0 Å². The molecule has 2 amide bonds. The SMILES string of the molecule is O=C(Nc1nccs1)[C@@H](c1ccccc1)N1Cc2cc(-c3ccc4[nH]ccc4c3)ccc2C1=O. The van der Waals surface area contributed by atoms with Crippen LogP contribution in [0.5, 0.6) is 0 Å². The molecule has 2 aromatic heterocycles. The van der Waals surface area contributed by atoms with Crippen molar-refractivity contribution >= 4 is 39.2 Å². The number of H-pyrrole nitrogens is 1. The molecule has 166 valence electrons. The van der Waals surface area contributed by atoms with Gasteiger partial charge in [-0.1, -0.05) is 42.5 Å². The Morgan fingerprint density at radius 3 is 2.68 bits per heavy atom. The van der Waals surface area contributed by atoms with Crippen LogP contribution in [0.1, 0.15) is 27.5 Å². The van der Waals surface area contributed by atoms with Gasteiger partial charge in [-0.2, -0.15) is 0 Å². The summed E-state index contributed by atoms with van der Waals surface area (Å²) in [5.74, 6) is -0.425. The van der Waals surface area contributed by atoms with Gasteiger partial charge in [0, 0.05) is 35.4 Å². The molecule has 0 bridgehead atoms. The lowest BCUT2D eigenvalue weighted by Crippen LogP contribution is -2.37. The maximum absolute atomic E-state index is 13.4. The summed E-state index contributed by atoms with van der Waals surface area (Å²) in [7, 11) is 0. The van der Waals surface area contributed by atoms with Crippen LogP contribution >= 0.6 is 11.3 Å². The Morgan fingerprint density at radius 1 is 1.03 bits per heavy atom. The van der Waals surface area contributed by atoms with E-state index in [1.165, 1.54) is 11.3 Å². The molecule has 1 aliphatic rings. The van der Waals surface area contributed by atoms with Gasteiger partial charge in [0.05, 0.1) is 0 Å². The number of hydrogen-bond donors (Lipinski definition) is 2. The highest BCUT2D eigenvalue weighted by Crippen LogP contribution is 2.35. The fraction of sp³-hybridized carbons (Fsp3) is 0.0741. The maximum Gasteiger partial charge on any atom is 0.255 e. The van der Waals surface area contributed by atoms with Gasteiger partial charge in [0.25, 0.3) is 11.8 Å². The number of hydrogen-bond acceptors (Lipinski definition) is 4. The fourth-order valence-electron chi connectivity index (χ4n) is 4.53. The quantitative estimate of drug-likeness (QED) is 0.354. The number of amides is 2. The van der Waals surface area contributed by atoms with Crippen molar-refractivity contribution in [2.24, 2.45) is 0 Å². The molecule has 6 nitrogen and oxygen atoms in total. The van der Waals surface area contributed by atoms with E-state index in [-0.39, 0.29) is 11.8 Å². The van der Waals surface area contributed by atoms with Gasteiger partial charge >= 0.3 is 0 Å². The lowest BCUT2D eigenvalue weighted by Gasteiger charge is -2.27. The molecule has 0 saturated heterocycles. The van der Waals surface area contributed by atoms with Crippen LogP contribution in [0.4, 0.5) is 5.13 Å². The number of anilines is 1. The Balaban J connectivity index is 1.34. The molecular weight excluding hydrogens is 444 g/mol. The Hall–Kier alpha value is -4.23. The molecule has 0 saturated carbocycles. The van der Waals surface area contributed by atoms with Crippen molar-refractivity contribution in [1.82, 2.24) is 14.9 Å². The minimum Gasteiger partial charge on any atom is -0.361 e. The third-order valence-electron chi connectivity index (χ3n) is 6.16. The lowest BCUT2D eigenvalue weighted by molar-refractivity contribution is -0.120. The van der Waals surface area contributed by atoms with Gasteiger partial charge in [0.1, 0.15) is 6.04 Å². The number of benzene rings is 3. The Morgan fingerprint density at radius 2 is 1.85 bits per heavy atom. The van der Waals surface area contributed by atoms with Gasteiger partial charge in [-0.3, -0.25) is 14.9 Å². The van der Waals surface area contributed by atoms with E-state index in [2.05, 4.69) is 39.6 Å². The number of aromatic amines is 1. The molecule has 0 aliphatic carbocycles. The average Bonchev–Trinajstić information content (AvgIpc) is 3.61. The van der Waals surface area contributed by atoms with Gasteiger partial charge in [0.15, 0.2) is 5.13 Å². The molecule has 3 aromatic carbocycles.